The van der Waals surface area contributed by atoms with Crippen LogP contribution in [-0.4, -0.2) is 75.0 Å². The molecule has 1 saturated heterocycles. The summed E-state index contributed by atoms with van der Waals surface area (Å²) in [6, 6.07) is 7.57. The first kappa shape index (κ1) is 19.1. The maximum Gasteiger partial charge on any atom is 0.245 e. The van der Waals surface area contributed by atoms with Crippen molar-refractivity contribution in [3.05, 3.63) is 24.3 Å². The van der Waals surface area contributed by atoms with Crippen LogP contribution in [0.15, 0.2) is 24.3 Å². The molecule has 7 nitrogen and oxygen atoms in total. The van der Waals surface area contributed by atoms with E-state index in [0.29, 0.717) is 32.5 Å². The minimum atomic E-state index is -0.682. The van der Waals surface area contributed by atoms with Crippen LogP contribution >= 0.6 is 0 Å². The largest absolute Gasteiger partial charge is 0.497 e. The first-order chi connectivity index (χ1) is 11.9. The lowest BCUT2D eigenvalue weighted by Crippen LogP contribution is -2.58. The van der Waals surface area contributed by atoms with Crippen LogP contribution in [0.5, 0.6) is 5.75 Å². The van der Waals surface area contributed by atoms with Gasteiger partial charge in [0.25, 0.3) is 0 Å². The number of hydrogen-bond donors (Lipinski definition) is 2. The molecule has 0 spiro atoms. The molecule has 0 aromatic heterocycles. The standard InChI is InChI=1S/C18H28N4O3/c1-19-17(24)18(20-14-6-5-7-15(12-14)25-4)8-10-22(11-9-18)13-16(23)21(2)3/h5-7,12,20H,8-11,13H2,1-4H3,(H,19,24). The van der Waals surface area contributed by atoms with Crippen molar-refractivity contribution in [1.29, 1.82) is 0 Å². The number of nitrogens with zero attached hydrogens (tertiary/aromatic N) is 2. The highest BCUT2D eigenvalue weighted by Gasteiger charge is 2.41. The molecular weight excluding hydrogens is 320 g/mol. The van der Waals surface area contributed by atoms with Gasteiger partial charge in [-0.3, -0.25) is 14.5 Å². The van der Waals surface area contributed by atoms with Gasteiger partial charge >= 0.3 is 0 Å². The molecule has 25 heavy (non-hydrogen) atoms. The van der Waals surface area contributed by atoms with Crippen LogP contribution in [0.4, 0.5) is 5.69 Å². The predicted octanol–water partition coefficient (Wildman–Crippen LogP) is 0.776. The lowest BCUT2D eigenvalue weighted by atomic mass is 9.86. The summed E-state index contributed by atoms with van der Waals surface area (Å²) >= 11 is 0. The summed E-state index contributed by atoms with van der Waals surface area (Å²) in [7, 11) is 6.78. The zero-order chi connectivity index (χ0) is 18.4. The van der Waals surface area contributed by atoms with Crippen molar-refractivity contribution in [3.8, 4) is 5.75 Å². The minimum absolute atomic E-state index is 0.0334. The summed E-state index contributed by atoms with van der Waals surface area (Å²) in [6.07, 6.45) is 1.26. The average Bonchev–Trinajstić information content (AvgIpc) is 2.62. The number of anilines is 1. The number of benzene rings is 1. The Kier molecular flexibility index (Phi) is 6.25. The molecule has 0 radical (unpaired) electrons. The van der Waals surface area contributed by atoms with E-state index in [4.69, 9.17) is 4.74 Å². The summed E-state index contributed by atoms with van der Waals surface area (Å²) in [6.45, 7) is 1.75. The highest BCUT2D eigenvalue weighted by molar-refractivity contribution is 5.89. The lowest BCUT2D eigenvalue weighted by molar-refractivity contribution is -0.130. The molecule has 0 unspecified atom stereocenters. The fourth-order valence-corrected chi connectivity index (χ4v) is 3.05. The fourth-order valence-electron chi connectivity index (χ4n) is 3.05. The third kappa shape index (κ3) is 4.63. The summed E-state index contributed by atoms with van der Waals surface area (Å²) in [5, 5.41) is 6.17. The van der Waals surface area contributed by atoms with Gasteiger partial charge in [-0.25, -0.2) is 0 Å². The van der Waals surface area contributed by atoms with Crippen LogP contribution in [0, 0.1) is 0 Å². The number of methoxy groups -OCH3 is 1. The monoisotopic (exact) mass is 348 g/mol. The first-order valence-corrected chi connectivity index (χ1v) is 8.47. The number of amides is 2. The van der Waals surface area contributed by atoms with E-state index in [2.05, 4.69) is 15.5 Å². The zero-order valence-electron chi connectivity index (χ0n) is 15.5. The molecule has 1 aromatic rings. The maximum atomic E-state index is 12.6. The molecule has 0 saturated carbocycles. The third-order valence-corrected chi connectivity index (χ3v) is 4.68. The second-order valence-corrected chi connectivity index (χ2v) is 6.58. The van der Waals surface area contributed by atoms with Gasteiger partial charge in [0.2, 0.25) is 11.8 Å². The van der Waals surface area contributed by atoms with Crippen LogP contribution in [-0.2, 0) is 9.59 Å². The highest BCUT2D eigenvalue weighted by atomic mass is 16.5. The van der Waals surface area contributed by atoms with Gasteiger partial charge in [-0.15, -0.1) is 0 Å². The Morgan fingerprint density at radius 1 is 1.28 bits per heavy atom. The van der Waals surface area contributed by atoms with Crippen molar-refractivity contribution < 1.29 is 14.3 Å². The van der Waals surface area contributed by atoms with E-state index in [9.17, 15) is 9.59 Å². The molecule has 1 aromatic carbocycles. The third-order valence-electron chi connectivity index (χ3n) is 4.68. The number of nitrogens with one attached hydrogen (secondary N) is 2. The van der Waals surface area contributed by atoms with Gasteiger partial charge in [0.1, 0.15) is 11.3 Å². The van der Waals surface area contributed by atoms with Gasteiger partial charge in [-0.1, -0.05) is 6.07 Å². The summed E-state index contributed by atoms with van der Waals surface area (Å²) in [5.74, 6) is 0.785. The van der Waals surface area contributed by atoms with Crippen LogP contribution in [0.3, 0.4) is 0 Å². The Morgan fingerprint density at radius 2 is 1.96 bits per heavy atom. The van der Waals surface area contributed by atoms with Gasteiger partial charge in [0, 0.05) is 46.0 Å². The molecule has 0 aliphatic carbocycles. The number of carbonyl (C=O) groups is 2. The molecule has 2 rings (SSSR count). The number of carbonyl (C=O) groups excluding carboxylic acids is 2. The molecule has 0 atom stereocenters. The van der Waals surface area contributed by atoms with Gasteiger partial charge in [-0.2, -0.15) is 0 Å². The molecule has 138 valence electrons. The SMILES string of the molecule is CNC(=O)C1(Nc2cccc(OC)c2)CCN(CC(=O)N(C)C)CC1. The van der Waals surface area contributed by atoms with Crippen molar-refractivity contribution >= 4 is 17.5 Å². The molecule has 1 aliphatic rings. The Bertz CT molecular complexity index is 610. The Labute approximate surface area is 149 Å². The van der Waals surface area contributed by atoms with Crippen LogP contribution in [0.2, 0.25) is 0 Å². The van der Waals surface area contributed by atoms with Gasteiger partial charge in [0.05, 0.1) is 13.7 Å². The lowest BCUT2D eigenvalue weighted by Gasteiger charge is -2.41. The highest BCUT2D eigenvalue weighted by Crippen LogP contribution is 2.29. The van der Waals surface area contributed by atoms with Crippen molar-refractivity contribution in [2.75, 3.05) is 53.2 Å². The average molecular weight is 348 g/mol. The van der Waals surface area contributed by atoms with E-state index < -0.39 is 5.54 Å². The van der Waals surface area contributed by atoms with Crippen LogP contribution in [0.25, 0.3) is 0 Å². The minimum Gasteiger partial charge on any atom is -0.497 e. The van der Waals surface area contributed by atoms with E-state index in [1.54, 1.807) is 33.2 Å². The zero-order valence-corrected chi connectivity index (χ0v) is 15.5. The molecule has 2 amide bonds. The van der Waals surface area contributed by atoms with Gasteiger partial charge in [0.15, 0.2) is 0 Å². The van der Waals surface area contributed by atoms with Crippen molar-refractivity contribution in [3.63, 3.8) is 0 Å². The quantitative estimate of drug-likeness (QED) is 0.795. The van der Waals surface area contributed by atoms with E-state index in [-0.39, 0.29) is 11.8 Å². The molecule has 1 fully saturated rings. The van der Waals surface area contributed by atoms with E-state index in [1.165, 1.54) is 0 Å². The van der Waals surface area contributed by atoms with Crippen LogP contribution in [0.1, 0.15) is 12.8 Å². The second-order valence-electron chi connectivity index (χ2n) is 6.58. The van der Waals surface area contributed by atoms with Gasteiger partial charge in [-0.05, 0) is 25.0 Å². The Balaban J connectivity index is 2.10. The smallest absolute Gasteiger partial charge is 0.245 e. The van der Waals surface area contributed by atoms with Crippen molar-refractivity contribution in [2.24, 2.45) is 0 Å². The fraction of sp³-hybridized carbons (Fsp3) is 0.556. The van der Waals surface area contributed by atoms with Gasteiger partial charge < -0.3 is 20.3 Å². The summed E-state index contributed by atoms with van der Waals surface area (Å²) in [4.78, 5) is 28.2. The summed E-state index contributed by atoms with van der Waals surface area (Å²) < 4.78 is 5.26. The summed E-state index contributed by atoms with van der Waals surface area (Å²) in [5.41, 5.74) is 0.166. The Hall–Kier alpha value is -2.28. The number of hydrogen-bond acceptors (Lipinski definition) is 5. The van der Waals surface area contributed by atoms with Crippen molar-refractivity contribution in [1.82, 2.24) is 15.1 Å². The number of rotatable bonds is 6. The molecule has 1 heterocycles. The van der Waals surface area contributed by atoms with E-state index in [1.807, 2.05) is 24.3 Å². The molecule has 1 aliphatic heterocycles. The first-order valence-electron chi connectivity index (χ1n) is 8.47. The number of likely N-dealkylation sites (N-methyl/N-ethyl adjacent to an activating group) is 2. The predicted molar refractivity (Wildman–Crippen MR) is 97.8 cm³/mol. The molecule has 7 heteroatoms. The van der Waals surface area contributed by atoms with E-state index >= 15 is 0 Å². The maximum absolute atomic E-state index is 12.6. The van der Waals surface area contributed by atoms with E-state index in [0.717, 1.165) is 11.4 Å². The number of ether oxygens (including phenoxy) is 1. The molecule has 0 bridgehead atoms. The molecule has 2 N–H and O–H groups in total. The number of likely N-dealkylation sites (tertiary alicyclic amines) is 1. The molecular formula is C18H28N4O3. The van der Waals surface area contributed by atoms with Crippen LogP contribution < -0.4 is 15.4 Å². The normalized spacial score (nSPS) is 16.8. The second kappa shape index (κ2) is 8.20. The topological polar surface area (TPSA) is 73.9 Å². The van der Waals surface area contributed by atoms with Crippen molar-refractivity contribution in [2.45, 2.75) is 18.4 Å². The Morgan fingerprint density at radius 3 is 2.52 bits per heavy atom. The number of piperidine rings is 1.